The van der Waals surface area contributed by atoms with E-state index in [4.69, 9.17) is 20.3 Å². The first-order valence-electron chi connectivity index (χ1n) is 7.70. The van der Waals surface area contributed by atoms with Crippen molar-refractivity contribution in [2.24, 2.45) is 5.92 Å². The zero-order valence-electron chi connectivity index (χ0n) is 14.3. The molecule has 8 heteroatoms. The van der Waals surface area contributed by atoms with Crippen LogP contribution in [0.2, 0.25) is 0 Å². The zero-order valence-corrected chi connectivity index (χ0v) is 14.3. The van der Waals surface area contributed by atoms with E-state index < -0.39 is 17.7 Å². The Bertz CT molecular complexity index is 641. The van der Waals surface area contributed by atoms with Gasteiger partial charge in [-0.2, -0.15) is 0 Å². The van der Waals surface area contributed by atoms with E-state index in [0.29, 0.717) is 13.1 Å². The van der Waals surface area contributed by atoms with Crippen LogP contribution in [0.3, 0.4) is 0 Å². The van der Waals surface area contributed by atoms with Gasteiger partial charge in [-0.1, -0.05) is 6.92 Å². The summed E-state index contributed by atoms with van der Waals surface area (Å²) in [7, 11) is 0. The second-order valence-electron chi connectivity index (χ2n) is 6.93. The number of anilines is 1. The fraction of sp³-hybridized carbons (Fsp3) is 0.562. The number of carboxylic acids is 1. The van der Waals surface area contributed by atoms with Crippen molar-refractivity contribution >= 4 is 17.9 Å². The van der Waals surface area contributed by atoms with E-state index in [0.717, 1.165) is 0 Å². The Morgan fingerprint density at radius 1 is 1.38 bits per heavy atom. The van der Waals surface area contributed by atoms with Crippen molar-refractivity contribution in [1.82, 2.24) is 9.88 Å². The molecule has 0 spiro atoms. The van der Waals surface area contributed by atoms with Crippen LogP contribution in [0, 0.1) is 5.92 Å². The summed E-state index contributed by atoms with van der Waals surface area (Å²) >= 11 is 0. The molecular weight excluding hydrogens is 314 g/mol. The van der Waals surface area contributed by atoms with Gasteiger partial charge in [0.15, 0.2) is 11.6 Å². The molecule has 2 rings (SSSR count). The minimum absolute atomic E-state index is 0.00570. The lowest BCUT2D eigenvalue weighted by molar-refractivity contribution is 0.0275. The number of aromatic carboxylic acids is 1. The van der Waals surface area contributed by atoms with Crippen molar-refractivity contribution in [3.63, 3.8) is 0 Å². The van der Waals surface area contributed by atoms with Crippen LogP contribution in [0.4, 0.5) is 10.6 Å². The van der Waals surface area contributed by atoms with E-state index in [1.807, 2.05) is 27.7 Å². The lowest BCUT2D eigenvalue weighted by Crippen LogP contribution is -2.36. The van der Waals surface area contributed by atoms with Crippen LogP contribution in [-0.2, 0) is 4.74 Å². The number of nitrogens with zero attached hydrogens (tertiary/aromatic N) is 2. The van der Waals surface area contributed by atoms with E-state index in [2.05, 4.69) is 4.98 Å². The smallest absolute Gasteiger partial charge is 0.410 e. The monoisotopic (exact) mass is 337 g/mol. The minimum atomic E-state index is -1.11. The molecule has 0 bridgehead atoms. The van der Waals surface area contributed by atoms with Crippen LogP contribution < -0.4 is 10.5 Å². The maximum Gasteiger partial charge on any atom is 0.410 e. The topological polar surface area (TPSA) is 115 Å². The van der Waals surface area contributed by atoms with Gasteiger partial charge in [0.05, 0.1) is 12.1 Å². The average molecular weight is 337 g/mol. The molecule has 0 saturated carbocycles. The number of hydrogen-bond donors (Lipinski definition) is 2. The summed E-state index contributed by atoms with van der Waals surface area (Å²) in [6.45, 7) is 8.20. The first kappa shape index (κ1) is 17.8. The van der Waals surface area contributed by atoms with Crippen LogP contribution in [0.15, 0.2) is 12.3 Å². The predicted molar refractivity (Wildman–Crippen MR) is 87.0 cm³/mol. The second kappa shape index (κ2) is 6.54. The van der Waals surface area contributed by atoms with Gasteiger partial charge < -0.3 is 25.2 Å². The third-order valence-electron chi connectivity index (χ3n) is 3.60. The van der Waals surface area contributed by atoms with Crippen molar-refractivity contribution in [3.05, 3.63) is 17.8 Å². The number of nitrogen functional groups attached to an aromatic ring is 1. The van der Waals surface area contributed by atoms with Gasteiger partial charge >= 0.3 is 12.1 Å². The number of nitrogens with two attached hydrogens (primary N) is 1. The molecule has 2 heterocycles. The van der Waals surface area contributed by atoms with E-state index in [9.17, 15) is 9.59 Å². The second-order valence-corrected chi connectivity index (χ2v) is 6.93. The molecule has 0 aromatic carbocycles. The first-order chi connectivity index (χ1) is 11.1. The number of amides is 1. The molecule has 0 aliphatic carbocycles. The van der Waals surface area contributed by atoms with Crippen LogP contribution in [0.1, 0.15) is 38.1 Å². The van der Waals surface area contributed by atoms with Gasteiger partial charge in [0.2, 0.25) is 0 Å². The highest BCUT2D eigenvalue weighted by atomic mass is 16.6. The van der Waals surface area contributed by atoms with Gasteiger partial charge in [-0.05, 0) is 20.8 Å². The summed E-state index contributed by atoms with van der Waals surface area (Å²) in [5, 5.41) is 9.03. The van der Waals surface area contributed by atoms with Crippen molar-refractivity contribution in [2.45, 2.75) is 39.4 Å². The lowest BCUT2D eigenvalue weighted by Gasteiger charge is -2.24. The summed E-state index contributed by atoms with van der Waals surface area (Å²) < 4.78 is 11.2. The third kappa shape index (κ3) is 4.27. The summed E-state index contributed by atoms with van der Waals surface area (Å²) in [5.41, 5.74) is 5.18. The van der Waals surface area contributed by atoms with E-state index in [-0.39, 0.29) is 29.2 Å². The summed E-state index contributed by atoms with van der Waals surface area (Å²) in [5.74, 6) is -0.742. The number of carboxylic acid groups (broad SMARTS) is 1. The highest BCUT2D eigenvalue weighted by Crippen LogP contribution is 2.27. The summed E-state index contributed by atoms with van der Waals surface area (Å²) in [4.78, 5) is 28.6. The van der Waals surface area contributed by atoms with Crippen LogP contribution >= 0.6 is 0 Å². The van der Waals surface area contributed by atoms with Crippen molar-refractivity contribution in [2.75, 3.05) is 18.8 Å². The lowest BCUT2D eigenvalue weighted by atomic mass is 10.1. The molecule has 132 valence electrons. The van der Waals surface area contributed by atoms with Gasteiger partial charge in [0, 0.05) is 24.7 Å². The SMILES string of the molecule is CC1CN(C(=O)OC(C)(C)C)CC1Oc1cc(C(=O)O)cnc1N. The normalized spacial score (nSPS) is 20.8. The average Bonchev–Trinajstić information content (AvgIpc) is 2.80. The molecule has 1 aromatic rings. The van der Waals surface area contributed by atoms with E-state index in [1.165, 1.54) is 12.3 Å². The molecule has 2 atom stereocenters. The summed E-state index contributed by atoms with van der Waals surface area (Å²) in [6.07, 6.45) is 0.465. The number of aromatic nitrogens is 1. The Balaban J connectivity index is 2.07. The Morgan fingerprint density at radius 3 is 2.62 bits per heavy atom. The number of likely N-dealkylation sites (tertiary alicyclic amines) is 1. The fourth-order valence-electron chi connectivity index (χ4n) is 2.40. The highest BCUT2D eigenvalue weighted by molar-refractivity contribution is 5.88. The maximum atomic E-state index is 12.1. The van der Waals surface area contributed by atoms with Crippen LogP contribution in [0.25, 0.3) is 0 Å². The maximum absolute atomic E-state index is 12.1. The fourth-order valence-corrected chi connectivity index (χ4v) is 2.40. The van der Waals surface area contributed by atoms with Crippen molar-refractivity contribution in [3.8, 4) is 5.75 Å². The van der Waals surface area contributed by atoms with E-state index >= 15 is 0 Å². The quantitative estimate of drug-likeness (QED) is 0.866. The standard InChI is InChI=1S/C16H23N3O5/c1-9-7-19(15(22)24-16(2,3)4)8-12(9)23-11-5-10(14(20)21)6-18-13(11)17/h5-6,9,12H,7-8H2,1-4H3,(H2,17,18)(H,20,21). The molecule has 1 aliphatic rings. The van der Waals surface area contributed by atoms with Crippen molar-refractivity contribution in [1.29, 1.82) is 0 Å². The Kier molecular flexibility index (Phi) is 4.86. The molecule has 2 unspecified atom stereocenters. The number of carbonyl (C=O) groups excluding carboxylic acids is 1. The Labute approximate surface area is 140 Å². The zero-order chi connectivity index (χ0) is 18.1. The van der Waals surface area contributed by atoms with Gasteiger partial charge in [-0.15, -0.1) is 0 Å². The third-order valence-corrected chi connectivity index (χ3v) is 3.60. The highest BCUT2D eigenvalue weighted by Gasteiger charge is 2.36. The molecular formula is C16H23N3O5. The predicted octanol–water partition coefficient (Wildman–Crippen LogP) is 2.00. The molecule has 1 saturated heterocycles. The number of pyridine rings is 1. The molecule has 24 heavy (non-hydrogen) atoms. The number of ether oxygens (including phenoxy) is 2. The largest absolute Gasteiger partial charge is 0.484 e. The number of hydrogen-bond acceptors (Lipinski definition) is 6. The molecule has 8 nitrogen and oxygen atoms in total. The van der Waals surface area contributed by atoms with Crippen LogP contribution in [-0.4, -0.2) is 51.8 Å². The molecule has 1 fully saturated rings. The minimum Gasteiger partial charge on any atom is -0.484 e. The number of rotatable bonds is 3. The van der Waals surface area contributed by atoms with Gasteiger partial charge in [0.25, 0.3) is 0 Å². The van der Waals surface area contributed by atoms with Gasteiger partial charge in [0.1, 0.15) is 11.7 Å². The first-order valence-corrected chi connectivity index (χ1v) is 7.70. The molecule has 0 radical (unpaired) electrons. The Hall–Kier alpha value is -2.51. The van der Waals surface area contributed by atoms with E-state index in [1.54, 1.807) is 4.90 Å². The molecule has 1 amide bonds. The molecule has 1 aromatic heterocycles. The number of carbonyl (C=O) groups is 2. The summed E-state index contributed by atoms with van der Waals surface area (Å²) in [6, 6.07) is 1.34. The van der Waals surface area contributed by atoms with Crippen LogP contribution in [0.5, 0.6) is 5.75 Å². The van der Waals surface area contributed by atoms with Crippen molar-refractivity contribution < 1.29 is 24.2 Å². The molecule has 3 N–H and O–H groups in total. The molecule has 1 aliphatic heterocycles. The van der Waals surface area contributed by atoms with Gasteiger partial charge in [-0.3, -0.25) is 0 Å². The van der Waals surface area contributed by atoms with Gasteiger partial charge in [-0.25, -0.2) is 14.6 Å². The Morgan fingerprint density at radius 2 is 2.04 bits per heavy atom.